The summed E-state index contributed by atoms with van der Waals surface area (Å²) in [6.07, 6.45) is 2.76. The van der Waals surface area contributed by atoms with Gasteiger partial charge in [0.2, 0.25) is 0 Å². The van der Waals surface area contributed by atoms with Crippen LogP contribution >= 0.6 is 0 Å². The van der Waals surface area contributed by atoms with E-state index in [2.05, 4.69) is 11.9 Å². The number of hydrogen-bond acceptors (Lipinski definition) is 4. The van der Waals surface area contributed by atoms with E-state index in [0.29, 0.717) is 12.4 Å². The lowest BCUT2D eigenvalue weighted by Gasteiger charge is -2.10. The van der Waals surface area contributed by atoms with E-state index in [1.165, 1.54) is 0 Å². The van der Waals surface area contributed by atoms with E-state index < -0.39 is 0 Å². The van der Waals surface area contributed by atoms with Crippen LogP contribution in [0.3, 0.4) is 0 Å². The van der Waals surface area contributed by atoms with Crippen LogP contribution in [0.2, 0.25) is 0 Å². The third-order valence-corrected chi connectivity index (χ3v) is 3.08. The Balaban J connectivity index is 2.12. The molecule has 0 unspecified atom stereocenters. The molecule has 2 aromatic rings. The molecule has 0 saturated heterocycles. The van der Waals surface area contributed by atoms with E-state index >= 15 is 0 Å². The van der Waals surface area contributed by atoms with Crippen LogP contribution < -0.4 is 14.2 Å². The fourth-order valence-corrected chi connectivity index (χ4v) is 1.91. The van der Waals surface area contributed by atoms with Crippen molar-refractivity contribution in [2.75, 3.05) is 20.8 Å². The molecule has 0 spiro atoms. The van der Waals surface area contributed by atoms with Crippen molar-refractivity contribution in [2.45, 2.75) is 13.3 Å². The molecule has 0 fully saturated rings. The Morgan fingerprint density at radius 2 is 1.73 bits per heavy atom. The molecule has 0 aliphatic rings. The minimum Gasteiger partial charge on any atom is -0.497 e. The van der Waals surface area contributed by atoms with Gasteiger partial charge >= 0.3 is 0 Å². The Bertz CT molecular complexity index is 621. The first-order valence-corrected chi connectivity index (χ1v) is 7.25. The molecule has 0 N–H and O–H groups in total. The largest absolute Gasteiger partial charge is 0.497 e. The lowest BCUT2D eigenvalue weighted by atomic mass is 10.2. The molecule has 22 heavy (non-hydrogen) atoms. The van der Waals surface area contributed by atoms with Gasteiger partial charge in [-0.1, -0.05) is 6.92 Å². The zero-order valence-corrected chi connectivity index (χ0v) is 13.2. The highest BCUT2D eigenvalue weighted by Crippen LogP contribution is 2.28. The molecule has 0 aromatic heterocycles. The Hall–Kier alpha value is -2.49. The summed E-state index contributed by atoms with van der Waals surface area (Å²) in [6, 6.07) is 13.4. The summed E-state index contributed by atoms with van der Waals surface area (Å²) in [6.45, 7) is 2.75. The summed E-state index contributed by atoms with van der Waals surface area (Å²) >= 11 is 0. The predicted octanol–water partition coefficient (Wildman–Crippen LogP) is 4.24. The minimum atomic E-state index is 0.676. The number of hydrogen-bond donors (Lipinski definition) is 0. The van der Waals surface area contributed by atoms with Gasteiger partial charge in [-0.2, -0.15) is 0 Å². The van der Waals surface area contributed by atoms with Crippen molar-refractivity contribution in [1.82, 2.24) is 0 Å². The number of aliphatic imine (C=N–C) groups is 1. The van der Waals surface area contributed by atoms with Crippen molar-refractivity contribution in [3.63, 3.8) is 0 Å². The van der Waals surface area contributed by atoms with Crippen LogP contribution in [0.4, 0.5) is 5.69 Å². The standard InChI is InChI=1S/C18H21NO3/c1-4-11-22-17-10-5-14(12-18(17)21-3)13-19-15-6-8-16(20-2)9-7-15/h5-10,12-13H,4,11H2,1-3H3. The van der Waals surface area contributed by atoms with Crippen molar-refractivity contribution < 1.29 is 14.2 Å². The first-order valence-electron chi connectivity index (χ1n) is 7.25. The third kappa shape index (κ3) is 4.25. The molecule has 0 atom stereocenters. The van der Waals surface area contributed by atoms with Crippen molar-refractivity contribution in [3.8, 4) is 17.2 Å². The van der Waals surface area contributed by atoms with Gasteiger partial charge in [-0.15, -0.1) is 0 Å². The summed E-state index contributed by atoms with van der Waals surface area (Å²) < 4.78 is 16.1. The molecule has 4 nitrogen and oxygen atoms in total. The number of benzene rings is 2. The van der Waals surface area contributed by atoms with Crippen LogP contribution in [-0.4, -0.2) is 27.0 Å². The third-order valence-electron chi connectivity index (χ3n) is 3.08. The molecule has 116 valence electrons. The lowest BCUT2D eigenvalue weighted by Crippen LogP contribution is -1.98. The quantitative estimate of drug-likeness (QED) is 0.718. The molecular weight excluding hydrogens is 278 g/mol. The van der Waals surface area contributed by atoms with Gasteiger partial charge in [0.15, 0.2) is 11.5 Å². The Labute approximate surface area is 131 Å². The Morgan fingerprint density at radius 1 is 0.955 bits per heavy atom. The topological polar surface area (TPSA) is 40.0 Å². The zero-order valence-electron chi connectivity index (χ0n) is 13.2. The molecular formula is C18H21NO3. The summed E-state index contributed by atoms with van der Waals surface area (Å²) in [5.41, 5.74) is 1.82. The number of nitrogens with zero attached hydrogens (tertiary/aromatic N) is 1. The molecule has 0 saturated carbocycles. The highest BCUT2D eigenvalue weighted by molar-refractivity contribution is 5.83. The van der Waals surface area contributed by atoms with Crippen molar-refractivity contribution >= 4 is 11.9 Å². The average Bonchev–Trinajstić information content (AvgIpc) is 2.58. The van der Waals surface area contributed by atoms with Crippen molar-refractivity contribution in [3.05, 3.63) is 48.0 Å². The maximum atomic E-state index is 5.64. The smallest absolute Gasteiger partial charge is 0.161 e. The number of ether oxygens (including phenoxy) is 3. The molecule has 2 aromatic carbocycles. The number of methoxy groups -OCH3 is 2. The number of rotatable bonds is 7. The van der Waals surface area contributed by atoms with Crippen LogP contribution in [-0.2, 0) is 0 Å². The second kappa shape index (κ2) is 8.08. The lowest BCUT2D eigenvalue weighted by molar-refractivity contribution is 0.294. The molecule has 0 aliphatic heterocycles. The van der Waals surface area contributed by atoms with Crippen LogP contribution in [0.15, 0.2) is 47.5 Å². The van der Waals surface area contributed by atoms with Gasteiger partial charge in [-0.3, -0.25) is 4.99 Å². The van der Waals surface area contributed by atoms with E-state index in [1.807, 2.05) is 42.5 Å². The van der Waals surface area contributed by atoms with Crippen LogP contribution in [0.1, 0.15) is 18.9 Å². The van der Waals surface area contributed by atoms with Crippen molar-refractivity contribution in [2.24, 2.45) is 4.99 Å². The maximum Gasteiger partial charge on any atom is 0.161 e. The first kappa shape index (κ1) is 15.9. The van der Waals surface area contributed by atoms with Crippen LogP contribution in [0.5, 0.6) is 17.2 Å². The summed E-state index contributed by atoms with van der Waals surface area (Å²) in [7, 11) is 3.28. The zero-order chi connectivity index (χ0) is 15.8. The second-order valence-electron chi connectivity index (χ2n) is 4.71. The molecule has 0 bridgehead atoms. The predicted molar refractivity (Wildman–Crippen MR) is 89.0 cm³/mol. The maximum absolute atomic E-state index is 5.64. The van der Waals surface area contributed by atoms with E-state index in [4.69, 9.17) is 14.2 Å². The van der Waals surface area contributed by atoms with Gasteiger partial charge in [-0.25, -0.2) is 0 Å². The van der Waals surface area contributed by atoms with Gasteiger partial charge in [0.25, 0.3) is 0 Å². The van der Waals surface area contributed by atoms with E-state index in [-0.39, 0.29) is 0 Å². The highest BCUT2D eigenvalue weighted by Gasteiger charge is 2.04. The molecule has 0 heterocycles. The Morgan fingerprint density at radius 3 is 2.36 bits per heavy atom. The fraction of sp³-hybridized carbons (Fsp3) is 0.278. The van der Waals surface area contributed by atoms with E-state index in [9.17, 15) is 0 Å². The molecule has 0 amide bonds. The molecule has 4 heteroatoms. The SMILES string of the molecule is CCCOc1ccc(C=Nc2ccc(OC)cc2)cc1OC. The minimum absolute atomic E-state index is 0.676. The van der Waals surface area contributed by atoms with Gasteiger partial charge in [0, 0.05) is 6.21 Å². The molecule has 0 radical (unpaired) electrons. The highest BCUT2D eigenvalue weighted by atomic mass is 16.5. The average molecular weight is 299 g/mol. The van der Waals surface area contributed by atoms with E-state index in [0.717, 1.165) is 29.2 Å². The van der Waals surface area contributed by atoms with Gasteiger partial charge in [-0.05, 0) is 54.4 Å². The van der Waals surface area contributed by atoms with Gasteiger partial charge in [0.1, 0.15) is 5.75 Å². The molecule has 0 aliphatic carbocycles. The fourth-order valence-electron chi connectivity index (χ4n) is 1.91. The summed E-state index contributed by atoms with van der Waals surface area (Å²) in [5, 5.41) is 0. The Kier molecular flexibility index (Phi) is 5.83. The van der Waals surface area contributed by atoms with Crippen molar-refractivity contribution in [1.29, 1.82) is 0 Å². The molecule has 2 rings (SSSR count). The van der Waals surface area contributed by atoms with Crippen LogP contribution in [0, 0.1) is 0 Å². The normalized spacial score (nSPS) is 10.7. The monoisotopic (exact) mass is 299 g/mol. The van der Waals surface area contributed by atoms with Crippen LogP contribution in [0.25, 0.3) is 0 Å². The summed E-state index contributed by atoms with van der Waals surface area (Å²) in [4.78, 5) is 4.44. The van der Waals surface area contributed by atoms with Gasteiger partial charge < -0.3 is 14.2 Å². The second-order valence-corrected chi connectivity index (χ2v) is 4.71. The van der Waals surface area contributed by atoms with Gasteiger partial charge in [0.05, 0.1) is 26.5 Å². The van der Waals surface area contributed by atoms with E-state index in [1.54, 1.807) is 20.4 Å². The first-order chi connectivity index (χ1) is 10.8. The summed E-state index contributed by atoms with van der Waals surface area (Å²) in [5.74, 6) is 2.29.